The van der Waals surface area contributed by atoms with Crippen LogP contribution in [0.15, 0.2) is 23.5 Å². The van der Waals surface area contributed by atoms with E-state index in [0.717, 1.165) is 30.6 Å². The monoisotopic (exact) mass is 459 g/mol. The van der Waals surface area contributed by atoms with Crippen LogP contribution in [0, 0.1) is 17.8 Å². The number of rotatable bonds is 11. The summed E-state index contributed by atoms with van der Waals surface area (Å²) < 4.78 is 5.94. The number of ether oxygens (including phenoxy) is 1. The molecule has 0 spiro atoms. The van der Waals surface area contributed by atoms with Crippen molar-refractivity contribution < 1.29 is 4.74 Å². The van der Waals surface area contributed by atoms with E-state index in [1.165, 1.54) is 37.7 Å². The van der Waals surface area contributed by atoms with Crippen molar-refractivity contribution in [3.8, 4) is 0 Å². The van der Waals surface area contributed by atoms with Crippen LogP contribution < -0.4 is 0 Å². The molecule has 0 aromatic carbocycles. The topological polar surface area (TPSA) is 9.23 Å². The lowest BCUT2D eigenvalue weighted by molar-refractivity contribution is 0.176. The number of hydrogen-bond acceptors (Lipinski definition) is 1. The summed E-state index contributed by atoms with van der Waals surface area (Å²) in [6, 6.07) is 0. The molecular weight excluding hydrogens is 388 g/mol. The molecule has 200 valence electrons. The molecule has 32 heavy (non-hydrogen) atoms. The molecule has 3 atom stereocenters. The molecule has 0 aliphatic heterocycles. The Bertz CT molecular complexity index is 321. The lowest BCUT2D eigenvalue weighted by Crippen LogP contribution is -2.07. The SMILES string of the molecule is C/C=C(\CCCC(C)C(C)CC)OCC(C)C=C(C)C.CC.CC.CC.CC.CCCC. The first-order valence-corrected chi connectivity index (χ1v) is 14.2. The summed E-state index contributed by atoms with van der Waals surface area (Å²) in [5.74, 6) is 3.31. The number of hydrogen-bond donors (Lipinski definition) is 0. The molecule has 0 amide bonds. The van der Waals surface area contributed by atoms with Crippen molar-refractivity contribution in [2.75, 3.05) is 6.61 Å². The predicted molar refractivity (Wildman–Crippen MR) is 157 cm³/mol. The zero-order valence-electron chi connectivity index (χ0n) is 26.2. The van der Waals surface area contributed by atoms with Crippen molar-refractivity contribution in [1.29, 1.82) is 0 Å². The van der Waals surface area contributed by atoms with Crippen LogP contribution in [0.2, 0.25) is 0 Å². The van der Waals surface area contributed by atoms with E-state index in [1.54, 1.807) is 0 Å². The molecule has 3 unspecified atom stereocenters. The molecular formula is C31H70O. The molecule has 1 heteroatoms. The Morgan fingerprint density at radius 1 is 0.750 bits per heavy atom. The molecule has 0 bridgehead atoms. The van der Waals surface area contributed by atoms with Crippen LogP contribution in [0.25, 0.3) is 0 Å². The summed E-state index contributed by atoms with van der Waals surface area (Å²) in [5, 5.41) is 0. The van der Waals surface area contributed by atoms with Gasteiger partial charge in [-0.3, -0.25) is 0 Å². The molecule has 0 saturated heterocycles. The van der Waals surface area contributed by atoms with Crippen molar-refractivity contribution >= 4 is 0 Å². The van der Waals surface area contributed by atoms with Crippen LogP contribution in [-0.4, -0.2) is 6.61 Å². The fourth-order valence-electron chi connectivity index (χ4n) is 2.44. The molecule has 0 fully saturated rings. The molecule has 0 heterocycles. The second kappa shape index (κ2) is 44.0. The largest absolute Gasteiger partial charge is 0.498 e. The molecule has 1 nitrogen and oxygen atoms in total. The number of allylic oxidation sites excluding steroid dienone is 3. The van der Waals surface area contributed by atoms with Gasteiger partial charge in [0.1, 0.15) is 0 Å². The van der Waals surface area contributed by atoms with Crippen LogP contribution in [0.5, 0.6) is 0 Å². The first kappa shape index (κ1) is 44.9. The molecule has 0 aliphatic rings. The van der Waals surface area contributed by atoms with Gasteiger partial charge in [-0.15, -0.1) is 0 Å². The van der Waals surface area contributed by atoms with E-state index in [4.69, 9.17) is 4.74 Å². The quantitative estimate of drug-likeness (QED) is 0.221. The molecule has 0 saturated carbocycles. The van der Waals surface area contributed by atoms with Crippen molar-refractivity contribution in [3.05, 3.63) is 23.5 Å². The van der Waals surface area contributed by atoms with Gasteiger partial charge >= 0.3 is 0 Å². The normalized spacial score (nSPS) is 12.0. The van der Waals surface area contributed by atoms with Gasteiger partial charge in [0.25, 0.3) is 0 Å². The lowest BCUT2D eigenvalue weighted by atomic mass is 9.89. The van der Waals surface area contributed by atoms with Crippen LogP contribution >= 0.6 is 0 Å². The minimum atomic E-state index is 0.494. The minimum absolute atomic E-state index is 0.494. The summed E-state index contributed by atoms with van der Waals surface area (Å²) in [6.45, 7) is 36.8. The van der Waals surface area contributed by atoms with Gasteiger partial charge in [-0.2, -0.15) is 0 Å². The Morgan fingerprint density at radius 2 is 1.19 bits per heavy atom. The zero-order chi connectivity index (χ0) is 27.0. The van der Waals surface area contributed by atoms with E-state index in [9.17, 15) is 0 Å². The van der Waals surface area contributed by atoms with Gasteiger partial charge in [-0.05, 0) is 45.1 Å². The van der Waals surface area contributed by atoms with Gasteiger partial charge < -0.3 is 4.74 Å². The van der Waals surface area contributed by atoms with E-state index in [2.05, 4.69) is 74.5 Å². The van der Waals surface area contributed by atoms with E-state index in [-0.39, 0.29) is 0 Å². The Kier molecular flexibility index (Phi) is 61.8. The Labute approximate surface area is 208 Å². The molecule has 0 rings (SSSR count). The highest BCUT2D eigenvalue weighted by Gasteiger charge is 2.10. The fraction of sp³-hybridized carbons (Fsp3) is 0.871. The van der Waals surface area contributed by atoms with Gasteiger partial charge in [0.05, 0.1) is 12.4 Å². The number of unbranched alkanes of at least 4 members (excludes halogenated alkanes) is 1. The average molecular weight is 459 g/mol. The first-order valence-electron chi connectivity index (χ1n) is 14.2. The van der Waals surface area contributed by atoms with E-state index in [0.29, 0.717) is 5.92 Å². The molecule has 0 aliphatic carbocycles. The summed E-state index contributed by atoms with van der Waals surface area (Å²) >= 11 is 0. The zero-order valence-corrected chi connectivity index (χ0v) is 26.2. The predicted octanol–water partition coefficient (Wildman–Crippen LogP) is 12.3. The minimum Gasteiger partial charge on any atom is -0.498 e. The average Bonchev–Trinajstić information content (AvgIpc) is 2.85. The van der Waals surface area contributed by atoms with E-state index in [1.807, 2.05) is 55.4 Å². The van der Waals surface area contributed by atoms with Gasteiger partial charge in [-0.25, -0.2) is 0 Å². The fourth-order valence-corrected chi connectivity index (χ4v) is 2.44. The van der Waals surface area contributed by atoms with Crippen molar-refractivity contribution in [2.45, 2.75) is 156 Å². The highest BCUT2D eigenvalue weighted by atomic mass is 16.5. The highest BCUT2D eigenvalue weighted by molar-refractivity contribution is 4.97. The summed E-state index contributed by atoms with van der Waals surface area (Å²) in [7, 11) is 0. The second-order valence-corrected chi connectivity index (χ2v) is 7.54. The Balaban J connectivity index is -0.000000119. The van der Waals surface area contributed by atoms with Gasteiger partial charge in [-0.1, -0.05) is 134 Å². The maximum atomic E-state index is 5.94. The van der Waals surface area contributed by atoms with E-state index >= 15 is 0 Å². The third kappa shape index (κ3) is 43.2. The molecule has 0 radical (unpaired) electrons. The van der Waals surface area contributed by atoms with Crippen molar-refractivity contribution in [2.24, 2.45) is 17.8 Å². The molecule has 0 aromatic rings. The molecule has 0 N–H and O–H groups in total. The van der Waals surface area contributed by atoms with Crippen LogP contribution in [-0.2, 0) is 4.74 Å². The van der Waals surface area contributed by atoms with Crippen LogP contribution in [0.4, 0.5) is 0 Å². The summed E-state index contributed by atoms with van der Waals surface area (Å²) in [5.41, 5.74) is 1.37. The maximum Gasteiger partial charge on any atom is 0.0937 e. The summed E-state index contributed by atoms with van der Waals surface area (Å²) in [6.07, 6.45) is 12.0. The maximum absolute atomic E-state index is 5.94. The highest BCUT2D eigenvalue weighted by Crippen LogP contribution is 2.22. The van der Waals surface area contributed by atoms with E-state index < -0.39 is 0 Å². The van der Waals surface area contributed by atoms with Crippen LogP contribution in [0.3, 0.4) is 0 Å². The standard InChI is InChI=1S/C19H36O.C4H10.4C2H6/c1-8-17(6)18(7)11-10-12-19(9-2)20-14-16(5)13-15(3)4;1-3-4-2;4*1-2/h9,13,16-18H,8,10-12,14H2,1-7H3;3-4H2,1-2H3;4*1-2H3/b19-9+;;;;;. The third-order valence-electron chi connectivity index (χ3n) is 4.67. The third-order valence-corrected chi connectivity index (χ3v) is 4.67. The lowest BCUT2D eigenvalue weighted by Gasteiger charge is -2.19. The van der Waals surface area contributed by atoms with Gasteiger partial charge in [0.2, 0.25) is 0 Å². The first-order chi connectivity index (χ1) is 15.3. The van der Waals surface area contributed by atoms with Crippen molar-refractivity contribution in [3.63, 3.8) is 0 Å². The van der Waals surface area contributed by atoms with Crippen LogP contribution in [0.1, 0.15) is 156 Å². The Morgan fingerprint density at radius 3 is 1.50 bits per heavy atom. The smallest absolute Gasteiger partial charge is 0.0937 e. The van der Waals surface area contributed by atoms with Gasteiger partial charge in [0.15, 0.2) is 0 Å². The van der Waals surface area contributed by atoms with Gasteiger partial charge in [0, 0.05) is 12.3 Å². The second-order valence-electron chi connectivity index (χ2n) is 7.54. The Hall–Kier alpha value is -0.720. The molecule has 0 aromatic heterocycles. The van der Waals surface area contributed by atoms with Crippen molar-refractivity contribution in [1.82, 2.24) is 0 Å². The summed E-state index contributed by atoms with van der Waals surface area (Å²) in [4.78, 5) is 0.